The lowest BCUT2D eigenvalue weighted by atomic mass is 9.88. The third kappa shape index (κ3) is 4.76. The Hall–Kier alpha value is -2.18. The lowest BCUT2D eigenvalue weighted by molar-refractivity contribution is 0.0935. The maximum absolute atomic E-state index is 13.2. The van der Waals surface area contributed by atoms with E-state index in [4.69, 9.17) is 0 Å². The highest BCUT2D eigenvalue weighted by molar-refractivity contribution is 7.89. The first-order valence-electron chi connectivity index (χ1n) is 11.9. The molecule has 4 rings (SSSR count). The second-order valence-electron chi connectivity index (χ2n) is 9.11. The predicted octanol–water partition coefficient (Wildman–Crippen LogP) is 4.93. The number of piperidine rings is 1. The number of hydrogen-bond acceptors (Lipinski definition) is 3. The fourth-order valence-corrected chi connectivity index (χ4v) is 6.66. The van der Waals surface area contributed by atoms with Crippen LogP contribution in [0.25, 0.3) is 0 Å². The van der Waals surface area contributed by atoms with Gasteiger partial charge in [0.1, 0.15) is 0 Å². The molecule has 0 saturated carbocycles. The summed E-state index contributed by atoms with van der Waals surface area (Å²) in [6.45, 7) is 4.95. The number of aryl methyl sites for hydroxylation is 3. The van der Waals surface area contributed by atoms with Gasteiger partial charge in [0.2, 0.25) is 10.0 Å². The molecule has 2 aliphatic rings. The zero-order valence-electron chi connectivity index (χ0n) is 19.2. The molecule has 0 unspecified atom stereocenters. The van der Waals surface area contributed by atoms with Crippen molar-refractivity contribution < 1.29 is 13.2 Å². The van der Waals surface area contributed by atoms with E-state index in [2.05, 4.69) is 30.4 Å². The van der Waals surface area contributed by atoms with E-state index in [0.29, 0.717) is 24.2 Å². The van der Waals surface area contributed by atoms with Gasteiger partial charge in [-0.25, -0.2) is 8.42 Å². The molecule has 1 heterocycles. The van der Waals surface area contributed by atoms with E-state index in [1.165, 1.54) is 24.0 Å². The van der Waals surface area contributed by atoms with Crippen LogP contribution in [0.1, 0.15) is 84.1 Å². The molecular weight excluding hydrogens is 420 g/mol. The topological polar surface area (TPSA) is 66.5 Å². The third-order valence-corrected chi connectivity index (χ3v) is 8.91. The largest absolute Gasteiger partial charge is 0.345 e. The molecule has 1 aliphatic carbocycles. The first-order chi connectivity index (χ1) is 15.4. The van der Waals surface area contributed by atoms with Crippen molar-refractivity contribution in [1.82, 2.24) is 9.62 Å². The van der Waals surface area contributed by atoms with Crippen molar-refractivity contribution in [3.8, 4) is 0 Å². The van der Waals surface area contributed by atoms with E-state index in [1.54, 1.807) is 29.4 Å². The van der Waals surface area contributed by atoms with Gasteiger partial charge in [0.15, 0.2) is 0 Å². The summed E-state index contributed by atoms with van der Waals surface area (Å²) in [5.74, 6) is -0.232. The minimum atomic E-state index is -3.59. The fourth-order valence-electron chi connectivity index (χ4n) is 4.90. The zero-order chi connectivity index (χ0) is 22.7. The summed E-state index contributed by atoms with van der Waals surface area (Å²) in [6, 6.07) is 11.5. The number of nitrogens with one attached hydrogen (secondary N) is 1. The van der Waals surface area contributed by atoms with E-state index in [0.717, 1.165) is 44.1 Å². The van der Waals surface area contributed by atoms with Crippen LogP contribution in [-0.2, 0) is 22.9 Å². The van der Waals surface area contributed by atoms with Gasteiger partial charge in [0.05, 0.1) is 10.9 Å². The van der Waals surface area contributed by atoms with Crippen molar-refractivity contribution in [2.45, 2.75) is 76.2 Å². The summed E-state index contributed by atoms with van der Waals surface area (Å²) >= 11 is 0. The number of sulfonamides is 1. The van der Waals surface area contributed by atoms with Crippen molar-refractivity contribution >= 4 is 15.9 Å². The van der Waals surface area contributed by atoms with Gasteiger partial charge in [-0.2, -0.15) is 4.31 Å². The molecular formula is C26H34N2O3S. The van der Waals surface area contributed by atoms with E-state index in [9.17, 15) is 13.2 Å². The molecule has 0 bridgehead atoms. The summed E-state index contributed by atoms with van der Waals surface area (Å²) in [7, 11) is -3.59. The van der Waals surface area contributed by atoms with Gasteiger partial charge in [-0.3, -0.25) is 4.79 Å². The van der Waals surface area contributed by atoms with E-state index in [1.807, 2.05) is 0 Å². The van der Waals surface area contributed by atoms with Crippen LogP contribution >= 0.6 is 0 Å². The van der Waals surface area contributed by atoms with Gasteiger partial charge in [0, 0.05) is 18.7 Å². The number of fused-ring (bicyclic) bond motifs is 1. The minimum absolute atomic E-state index is 0.0989. The molecule has 1 amide bonds. The Bertz CT molecular complexity index is 1090. The van der Waals surface area contributed by atoms with Crippen molar-refractivity contribution in [1.29, 1.82) is 0 Å². The Morgan fingerprint density at radius 1 is 0.969 bits per heavy atom. The summed E-state index contributed by atoms with van der Waals surface area (Å²) in [5.41, 5.74) is 5.00. The van der Waals surface area contributed by atoms with Crippen LogP contribution in [0, 0.1) is 6.92 Å². The summed E-state index contributed by atoms with van der Waals surface area (Å²) in [5, 5.41) is 3.14. The van der Waals surface area contributed by atoms with E-state index >= 15 is 0 Å². The second-order valence-corrected chi connectivity index (χ2v) is 11.0. The molecule has 5 nitrogen and oxygen atoms in total. The third-order valence-electron chi connectivity index (χ3n) is 6.87. The molecule has 2 aromatic rings. The number of carbonyl (C=O) groups excluding carboxylic acids is 1. The lowest BCUT2D eigenvalue weighted by Gasteiger charge is -2.27. The molecule has 1 fully saturated rings. The molecule has 1 N–H and O–H groups in total. The summed E-state index contributed by atoms with van der Waals surface area (Å²) < 4.78 is 28.0. The highest BCUT2D eigenvalue weighted by Crippen LogP contribution is 2.27. The van der Waals surface area contributed by atoms with Gasteiger partial charge in [0.25, 0.3) is 5.91 Å². The maximum atomic E-state index is 13.2. The molecule has 2 aromatic carbocycles. The Labute approximate surface area is 192 Å². The summed E-state index contributed by atoms with van der Waals surface area (Å²) in [4.78, 5) is 13.4. The van der Waals surface area contributed by atoms with Crippen LogP contribution in [0.2, 0.25) is 0 Å². The second kappa shape index (κ2) is 9.75. The Kier molecular flexibility index (Phi) is 7.01. The molecule has 6 heteroatoms. The molecule has 0 aromatic heterocycles. The van der Waals surface area contributed by atoms with Crippen LogP contribution in [0.3, 0.4) is 0 Å². The first kappa shape index (κ1) is 23.0. The summed E-state index contributed by atoms with van der Waals surface area (Å²) in [6.07, 6.45) is 8.31. The quantitative estimate of drug-likeness (QED) is 0.673. The standard InChI is InChI=1S/C26H34N2O3S/c1-3-24(22-14-13-20-9-5-6-10-21(20)17-22)27-26(29)23-12-11-19(2)25(18-23)32(30,31)28-15-7-4-8-16-28/h11-14,17-18,24H,3-10,15-16H2,1-2H3,(H,27,29)/t24-/m1/s1. The smallest absolute Gasteiger partial charge is 0.251 e. The number of nitrogens with zero attached hydrogens (tertiary/aromatic N) is 1. The fraction of sp³-hybridized carbons (Fsp3) is 0.500. The molecule has 1 saturated heterocycles. The molecule has 172 valence electrons. The van der Waals surface area contributed by atoms with Crippen molar-refractivity contribution in [3.05, 3.63) is 64.2 Å². The predicted molar refractivity (Wildman–Crippen MR) is 127 cm³/mol. The zero-order valence-corrected chi connectivity index (χ0v) is 20.0. The van der Waals surface area contributed by atoms with Crippen LogP contribution < -0.4 is 5.32 Å². The molecule has 32 heavy (non-hydrogen) atoms. The van der Waals surface area contributed by atoms with Gasteiger partial charge in [-0.15, -0.1) is 0 Å². The van der Waals surface area contributed by atoms with Gasteiger partial charge < -0.3 is 5.32 Å². The first-order valence-corrected chi connectivity index (χ1v) is 13.4. The monoisotopic (exact) mass is 454 g/mol. The van der Waals surface area contributed by atoms with E-state index < -0.39 is 10.0 Å². The average Bonchev–Trinajstić information content (AvgIpc) is 2.82. The average molecular weight is 455 g/mol. The highest BCUT2D eigenvalue weighted by atomic mass is 32.2. The number of carbonyl (C=O) groups is 1. The number of benzene rings is 2. The van der Waals surface area contributed by atoms with E-state index in [-0.39, 0.29) is 16.8 Å². The SMILES string of the molecule is CC[C@@H](NC(=O)c1ccc(C)c(S(=O)(=O)N2CCCCC2)c1)c1ccc2c(c1)CCCC2. The van der Waals surface area contributed by atoms with Crippen LogP contribution in [0.15, 0.2) is 41.3 Å². The molecule has 0 spiro atoms. The Balaban J connectivity index is 1.56. The van der Waals surface area contributed by atoms with Crippen molar-refractivity contribution in [3.63, 3.8) is 0 Å². The van der Waals surface area contributed by atoms with Gasteiger partial charge in [-0.05, 0) is 86.3 Å². The highest BCUT2D eigenvalue weighted by Gasteiger charge is 2.28. The lowest BCUT2D eigenvalue weighted by Crippen LogP contribution is -2.36. The minimum Gasteiger partial charge on any atom is -0.345 e. The molecule has 0 radical (unpaired) electrons. The van der Waals surface area contributed by atoms with Crippen molar-refractivity contribution in [2.75, 3.05) is 13.1 Å². The Morgan fingerprint density at radius 2 is 1.69 bits per heavy atom. The normalized spacial score (nSPS) is 18.1. The van der Waals surface area contributed by atoms with Gasteiger partial charge >= 0.3 is 0 Å². The molecule has 1 atom stereocenters. The van der Waals surface area contributed by atoms with Gasteiger partial charge in [-0.1, -0.05) is 37.6 Å². The van der Waals surface area contributed by atoms with Crippen LogP contribution in [-0.4, -0.2) is 31.7 Å². The maximum Gasteiger partial charge on any atom is 0.251 e. The Morgan fingerprint density at radius 3 is 2.41 bits per heavy atom. The number of hydrogen-bond donors (Lipinski definition) is 1. The van der Waals surface area contributed by atoms with Crippen LogP contribution in [0.4, 0.5) is 0 Å². The number of amides is 1. The van der Waals surface area contributed by atoms with Crippen LogP contribution in [0.5, 0.6) is 0 Å². The molecule has 1 aliphatic heterocycles. The van der Waals surface area contributed by atoms with Crippen molar-refractivity contribution in [2.24, 2.45) is 0 Å². The number of rotatable bonds is 6.